The van der Waals surface area contributed by atoms with Crippen molar-refractivity contribution in [2.75, 3.05) is 11.9 Å². The van der Waals surface area contributed by atoms with Crippen LogP contribution in [0.3, 0.4) is 0 Å². The van der Waals surface area contributed by atoms with Crippen LogP contribution in [0.4, 0.5) is 10.8 Å². The van der Waals surface area contributed by atoms with Crippen LogP contribution >= 0.6 is 23.1 Å². The molecule has 1 aromatic carbocycles. The fourth-order valence-corrected chi connectivity index (χ4v) is 4.59. The van der Waals surface area contributed by atoms with E-state index in [-0.39, 0.29) is 11.2 Å². The molecule has 0 saturated carbocycles. The van der Waals surface area contributed by atoms with E-state index in [2.05, 4.69) is 33.8 Å². The van der Waals surface area contributed by atoms with E-state index in [1.807, 2.05) is 18.2 Å². The molecule has 7 heteroatoms. The molecule has 1 aliphatic rings. The lowest BCUT2D eigenvalue weighted by atomic mass is 10.1. The van der Waals surface area contributed by atoms with E-state index in [9.17, 15) is 4.79 Å². The van der Waals surface area contributed by atoms with E-state index in [1.54, 1.807) is 0 Å². The SMILES string of the molecule is CCc1ccccc1Nc1nnc(S[C@H]2CCCCNC2=O)s1. The number of nitrogens with one attached hydrogen (secondary N) is 2. The summed E-state index contributed by atoms with van der Waals surface area (Å²) >= 11 is 3.02. The zero-order valence-electron chi connectivity index (χ0n) is 13.0. The van der Waals surface area contributed by atoms with Crippen molar-refractivity contribution in [2.45, 2.75) is 42.2 Å². The van der Waals surface area contributed by atoms with Gasteiger partial charge < -0.3 is 10.6 Å². The molecule has 5 nitrogen and oxygen atoms in total. The number of aromatic nitrogens is 2. The third kappa shape index (κ3) is 4.23. The highest BCUT2D eigenvalue weighted by molar-refractivity contribution is 8.02. The predicted octanol–water partition coefficient (Wildman–Crippen LogP) is 3.60. The summed E-state index contributed by atoms with van der Waals surface area (Å²) in [6, 6.07) is 8.20. The third-order valence-corrected chi connectivity index (χ3v) is 5.96. The summed E-state index contributed by atoms with van der Waals surface area (Å²) < 4.78 is 0.837. The second kappa shape index (κ2) is 7.79. The van der Waals surface area contributed by atoms with Crippen molar-refractivity contribution in [3.8, 4) is 0 Å². The molecule has 0 spiro atoms. The molecule has 2 N–H and O–H groups in total. The molecule has 23 heavy (non-hydrogen) atoms. The Hall–Kier alpha value is -1.60. The molecule has 0 unspecified atom stereocenters. The maximum absolute atomic E-state index is 12.0. The van der Waals surface area contributed by atoms with Crippen LogP contribution in [0.1, 0.15) is 31.7 Å². The summed E-state index contributed by atoms with van der Waals surface area (Å²) in [5.41, 5.74) is 2.31. The largest absolute Gasteiger partial charge is 0.355 e. The van der Waals surface area contributed by atoms with Crippen LogP contribution in [0.5, 0.6) is 0 Å². The Kier molecular flexibility index (Phi) is 5.51. The van der Waals surface area contributed by atoms with Crippen LogP contribution < -0.4 is 10.6 Å². The molecular weight excluding hydrogens is 328 g/mol. The van der Waals surface area contributed by atoms with Gasteiger partial charge in [-0.15, -0.1) is 10.2 Å². The molecule has 1 saturated heterocycles. The van der Waals surface area contributed by atoms with Crippen LogP contribution in [0.15, 0.2) is 28.6 Å². The van der Waals surface area contributed by atoms with Crippen molar-refractivity contribution < 1.29 is 4.79 Å². The number of carbonyl (C=O) groups is 1. The predicted molar refractivity (Wildman–Crippen MR) is 95.5 cm³/mol. The molecule has 0 bridgehead atoms. The van der Waals surface area contributed by atoms with Gasteiger partial charge >= 0.3 is 0 Å². The topological polar surface area (TPSA) is 66.9 Å². The minimum atomic E-state index is -0.0544. The van der Waals surface area contributed by atoms with Crippen LogP contribution in [0, 0.1) is 0 Å². The fraction of sp³-hybridized carbons (Fsp3) is 0.438. The summed E-state index contributed by atoms with van der Waals surface area (Å²) in [5, 5.41) is 15.4. The summed E-state index contributed by atoms with van der Waals surface area (Å²) in [6.45, 7) is 2.92. The Morgan fingerprint density at radius 1 is 1.35 bits per heavy atom. The van der Waals surface area contributed by atoms with Crippen molar-refractivity contribution in [2.24, 2.45) is 0 Å². The normalized spacial score (nSPS) is 18.3. The van der Waals surface area contributed by atoms with Crippen molar-refractivity contribution in [3.05, 3.63) is 29.8 Å². The molecule has 3 rings (SSSR count). The van der Waals surface area contributed by atoms with Crippen molar-refractivity contribution >= 4 is 39.8 Å². The first-order valence-electron chi connectivity index (χ1n) is 7.89. The van der Waals surface area contributed by atoms with E-state index < -0.39 is 0 Å². The van der Waals surface area contributed by atoms with E-state index in [4.69, 9.17) is 0 Å². The van der Waals surface area contributed by atoms with Gasteiger partial charge in [-0.25, -0.2) is 0 Å². The van der Waals surface area contributed by atoms with Gasteiger partial charge in [-0.1, -0.05) is 54.6 Å². The number of rotatable bonds is 5. The number of thioether (sulfide) groups is 1. The molecule has 1 atom stereocenters. The quantitative estimate of drug-likeness (QED) is 0.864. The van der Waals surface area contributed by atoms with Crippen molar-refractivity contribution in [1.29, 1.82) is 0 Å². The molecule has 2 heterocycles. The average Bonchev–Trinajstić information content (AvgIpc) is 2.90. The highest BCUT2D eigenvalue weighted by atomic mass is 32.2. The van der Waals surface area contributed by atoms with Gasteiger partial charge in [-0.3, -0.25) is 4.79 Å². The van der Waals surface area contributed by atoms with Gasteiger partial charge in [0.05, 0.1) is 5.25 Å². The summed E-state index contributed by atoms with van der Waals surface area (Å²) in [5.74, 6) is 0.119. The first-order chi connectivity index (χ1) is 11.3. The van der Waals surface area contributed by atoms with Gasteiger partial charge in [0, 0.05) is 12.2 Å². The maximum atomic E-state index is 12.0. The molecule has 1 amide bonds. The molecule has 1 fully saturated rings. The smallest absolute Gasteiger partial charge is 0.233 e. The van der Waals surface area contributed by atoms with Crippen molar-refractivity contribution in [1.82, 2.24) is 15.5 Å². The minimum absolute atomic E-state index is 0.0544. The number of carbonyl (C=O) groups excluding carboxylic acids is 1. The van der Waals surface area contributed by atoms with Crippen LogP contribution in [-0.4, -0.2) is 27.9 Å². The number of anilines is 2. The maximum Gasteiger partial charge on any atom is 0.233 e. The summed E-state index contributed by atoms with van der Waals surface area (Å²) in [4.78, 5) is 12.0. The van der Waals surface area contributed by atoms with E-state index in [1.165, 1.54) is 28.7 Å². The Morgan fingerprint density at radius 2 is 2.22 bits per heavy atom. The third-order valence-electron chi connectivity index (χ3n) is 3.77. The number of nitrogens with zero attached hydrogens (tertiary/aromatic N) is 2. The lowest BCUT2D eigenvalue weighted by molar-refractivity contribution is -0.120. The van der Waals surface area contributed by atoms with Crippen LogP contribution in [0.2, 0.25) is 0 Å². The molecule has 1 aliphatic heterocycles. The fourth-order valence-electron chi connectivity index (χ4n) is 2.52. The lowest BCUT2D eigenvalue weighted by Crippen LogP contribution is -2.30. The van der Waals surface area contributed by atoms with Gasteiger partial charge in [0.1, 0.15) is 0 Å². The highest BCUT2D eigenvalue weighted by Crippen LogP contribution is 2.33. The molecule has 0 aliphatic carbocycles. The zero-order chi connectivity index (χ0) is 16.1. The first kappa shape index (κ1) is 16.3. The molecule has 122 valence electrons. The average molecular weight is 348 g/mol. The number of hydrogen-bond donors (Lipinski definition) is 2. The van der Waals surface area contributed by atoms with Crippen molar-refractivity contribution in [3.63, 3.8) is 0 Å². The van der Waals surface area contributed by atoms with Gasteiger partial charge in [0.25, 0.3) is 0 Å². The Morgan fingerprint density at radius 3 is 3.09 bits per heavy atom. The minimum Gasteiger partial charge on any atom is -0.355 e. The number of aryl methyl sites for hydroxylation is 1. The number of amides is 1. The Bertz CT molecular complexity index is 674. The second-order valence-corrected chi connectivity index (χ2v) is 7.83. The Balaban J connectivity index is 1.67. The zero-order valence-corrected chi connectivity index (χ0v) is 14.7. The van der Waals surface area contributed by atoms with E-state index >= 15 is 0 Å². The summed E-state index contributed by atoms with van der Waals surface area (Å²) in [7, 11) is 0. The van der Waals surface area contributed by atoms with Gasteiger partial charge in [0.15, 0.2) is 4.34 Å². The van der Waals surface area contributed by atoms with Gasteiger partial charge in [-0.05, 0) is 30.9 Å². The van der Waals surface area contributed by atoms with Crippen LogP contribution in [-0.2, 0) is 11.2 Å². The summed E-state index contributed by atoms with van der Waals surface area (Å²) in [6.07, 6.45) is 3.99. The number of para-hydroxylation sites is 1. The molecule has 0 radical (unpaired) electrons. The Labute approximate surface area is 144 Å². The first-order valence-corrected chi connectivity index (χ1v) is 9.58. The van der Waals surface area contributed by atoms with Gasteiger partial charge in [-0.2, -0.15) is 0 Å². The lowest BCUT2D eigenvalue weighted by Gasteiger charge is -2.09. The standard InChI is InChI=1S/C16H20N4OS2/c1-2-11-7-3-4-8-12(11)18-15-19-20-16(23-15)22-13-9-5-6-10-17-14(13)21/h3-4,7-8,13H,2,5-6,9-10H2,1H3,(H,17,21)(H,18,19)/t13-/m0/s1. The number of hydrogen-bond acceptors (Lipinski definition) is 6. The van der Waals surface area contributed by atoms with Gasteiger partial charge in [0.2, 0.25) is 11.0 Å². The van der Waals surface area contributed by atoms with E-state index in [0.29, 0.717) is 0 Å². The highest BCUT2D eigenvalue weighted by Gasteiger charge is 2.23. The molecule has 1 aromatic heterocycles. The van der Waals surface area contributed by atoms with Crippen LogP contribution in [0.25, 0.3) is 0 Å². The number of benzene rings is 1. The van der Waals surface area contributed by atoms with E-state index in [0.717, 1.165) is 47.4 Å². The monoisotopic (exact) mass is 348 g/mol. The molecular formula is C16H20N4OS2. The second-order valence-electron chi connectivity index (χ2n) is 5.40. The molecule has 2 aromatic rings.